The number of amides is 2. The summed E-state index contributed by atoms with van der Waals surface area (Å²) in [6.45, 7) is 4.08. The summed E-state index contributed by atoms with van der Waals surface area (Å²) < 4.78 is 6.00. The van der Waals surface area contributed by atoms with Crippen molar-refractivity contribution in [2.75, 3.05) is 26.2 Å². The van der Waals surface area contributed by atoms with Gasteiger partial charge in [0.15, 0.2) is 0 Å². The zero-order chi connectivity index (χ0) is 19.2. The Balaban J connectivity index is 1.43. The van der Waals surface area contributed by atoms with Gasteiger partial charge < -0.3 is 20.1 Å². The third-order valence-electron chi connectivity index (χ3n) is 5.41. The number of rotatable bonds is 7. The van der Waals surface area contributed by atoms with Crippen molar-refractivity contribution in [1.82, 2.24) is 15.1 Å². The molecule has 1 saturated heterocycles. The molecular formula is C20H29N3O4. The Morgan fingerprint density at radius 3 is 2.70 bits per heavy atom. The molecule has 27 heavy (non-hydrogen) atoms. The van der Waals surface area contributed by atoms with Crippen LogP contribution in [-0.2, 0) is 4.79 Å². The van der Waals surface area contributed by atoms with Gasteiger partial charge in [-0.3, -0.25) is 9.69 Å². The van der Waals surface area contributed by atoms with Crippen LogP contribution in [0.25, 0.3) is 0 Å². The van der Waals surface area contributed by atoms with Crippen molar-refractivity contribution in [2.24, 2.45) is 0 Å². The van der Waals surface area contributed by atoms with E-state index in [-0.39, 0.29) is 30.8 Å². The molecule has 2 amide bonds. The number of aliphatic carboxylic acids is 1. The largest absolute Gasteiger partial charge is 0.489 e. The molecule has 2 aliphatic rings. The van der Waals surface area contributed by atoms with Gasteiger partial charge in [0, 0.05) is 18.6 Å². The van der Waals surface area contributed by atoms with Crippen molar-refractivity contribution < 1.29 is 19.4 Å². The minimum atomic E-state index is -0.804. The maximum Gasteiger partial charge on any atom is 0.317 e. The Labute approximate surface area is 160 Å². The average molecular weight is 375 g/mol. The third kappa shape index (κ3) is 5.35. The van der Waals surface area contributed by atoms with Crippen molar-refractivity contribution in [2.45, 2.75) is 50.8 Å². The molecule has 1 atom stereocenters. The van der Waals surface area contributed by atoms with E-state index >= 15 is 0 Å². The summed E-state index contributed by atoms with van der Waals surface area (Å²) in [6.07, 6.45) is 3.52. The number of likely N-dealkylation sites (tertiary alicyclic amines) is 1. The lowest BCUT2D eigenvalue weighted by atomic mass is 9.85. The molecule has 7 heteroatoms. The summed E-state index contributed by atoms with van der Waals surface area (Å²) in [7, 11) is 0. The minimum absolute atomic E-state index is 0.0205. The summed E-state index contributed by atoms with van der Waals surface area (Å²) in [6, 6.07) is 10.0. The lowest BCUT2D eigenvalue weighted by Crippen LogP contribution is -2.58. The number of para-hydroxylation sites is 1. The summed E-state index contributed by atoms with van der Waals surface area (Å²) in [5.74, 6) is 0.0341. The van der Waals surface area contributed by atoms with Gasteiger partial charge in [-0.05, 0) is 44.4 Å². The number of urea groups is 1. The summed E-state index contributed by atoms with van der Waals surface area (Å²) >= 11 is 0. The second-order valence-electron chi connectivity index (χ2n) is 7.37. The number of carboxylic acids is 1. The molecule has 2 fully saturated rings. The predicted octanol–water partition coefficient (Wildman–Crippen LogP) is 2.18. The summed E-state index contributed by atoms with van der Waals surface area (Å²) in [4.78, 5) is 27.3. The first-order chi connectivity index (χ1) is 13.0. The molecule has 0 spiro atoms. The molecule has 1 aromatic rings. The van der Waals surface area contributed by atoms with Crippen LogP contribution < -0.4 is 10.1 Å². The second-order valence-corrected chi connectivity index (χ2v) is 7.37. The third-order valence-corrected chi connectivity index (χ3v) is 5.41. The number of nitrogens with zero attached hydrogens (tertiary/aromatic N) is 2. The van der Waals surface area contributed by atoms with Crippen molar-refractivity contribution in [3.8, 4) is 5.75 Å². The van der Waals surface area contributed by atoms with Crippen LogP contribution in [0.3, 0.4) is 0 Å². The smallest absolute Gasteiger partial charge is 0.317 e. The molecule has 1 aliphatic heterocycles. The van der Waals surface area contributed by atoms with E-state index in [0.29, 0.717) is 13.1 Å². The highest BCUT2D eigenvalue weighted by Crippen LogP contribution is 2.26. The monoisotopic (exact) mass is 375 g/mol. The molecular weight excluding hydrogens is 346 g/mol. The number of carbonyl (C=O) groups is 2. The lowest BCUT2D eigenvalue weighted by Gasteiger charge is -2.43. The first kappa shape index (κ1) is 19.5. The highest BCUT2D eigenvalue weighted by atomic mass is 16.5. The molecule has 2 N–H and O–H groups in total. The number of carbonyl (C=O) groups excluding carboxylic acids is 1. The molecule has 7 nitrogen and oxygen atoms in total. The molecule has 1 saturated carbocycles. The summed E-state index contributed by atoms with van der Waals surface area (Å²) in [5.41, 5.74) is 0. The van der Waals surface area contributed by atoms with Crippen LogP contribution in [0.2, 0.25) is 0 Å². The van der Waals surface area contributed by atoms with E-state index in [2.05, 4.69) is 5.32 Å². The zero-order valence-electron chi connectivity index (χ0n) is 15.8. The zero-order valence-corrected chi connectivity index (χ0v) is 15.8. The number of hydrogen-bond donors (Lipinski definition) is 2. The highest BCUT2D eigenvalue weighted by Gasteiger charge is 2.36. The molecule has 3 rings (SSSR count). The first-order valence-corrected chi connectivity index (χ1v) is 9.78. The van der Waals surface area contributed by atoms with Crippen LogP contribution >= 0.6 is 0 Å². The van der Waals surface area contributed by atoms with E-state index < -0.39 is 5.97 Å². The van der Waals surface area contributed by atoms with Gasteiger partial charge in [0.25, 0.3) is 0 Å². The van der Waals surface area contributed by atoms with E-state index in [0.717, 1.165) is 38.0 Å². The van der Waals surface area contributed by atoms with Gasteiger partial charge in [-0.1, -0.05) is 25.1 Å². The van der Waals surface area contributed by atoms with Gasteiger partial charge in [-0.15, -0.1) is 0 Å². The van der Waals surface area contributed by atoms with Crippen LogP contribution in [0.15, 0.2) is 30.3 Å². The van der Waals surface area contributed by atoms with E-state index in [4.69, 9.17) is 9.84 Å². The SMILES string of the molecule is CCN(CC(=O)O)C1CC(NC(=O)N2CCCC(Oc3ccccc3)C2)C1. The normalized spacial score (nSPS) is 25.0. The molecule has 1 aliphatic carbocycles. The second kappa shape index (κ2) is 9.08. The fraction of sp³-hybridized carbons (Fsp3) is 0.600. The minimum Gasteiger partial charge on any atom is -0.489 e. The van der Waals surface area contributed by atoms with Crippen molar-refractivity contribution in [3.63, 3.8) is 0 Å². The van der Waals surface area contributed by atoms with Gasteiger partial charge in [0.05, 0.1) is 13.1 Å². The topological polar surface area (TPSA) is 82.1 Å². The van der Waals surface area contributed by atoms with E-state index in [1.807, 2.05) is 47.1 Å². The van der Waals surface area contributed by atoms with Gasteiger partial charge >= 0.3 is 12.0 Å². The van der Waals surface area contributed by atoms with Crippen LogP contribution in [0.1, 0.15) is 32.6 Å². The van der Waals surface area contributed by atoms with E-state index in [1.165, 1.54) is 0 Å². The molecule has 0 aromatic heterocycles. The highest BCUT2D eigenvalue weighted by molar-refractivity contribution is 5.75. The fourth-order valence-corrected chi connectivity index (χ4v) is 3.85. The number of piperidine rings is 1. The number of carboxylic acid groups (broad SMARTS) is 1. The fourth-order valence-electron chi connectivity index (χ4n) is 3.85. The number of hydrogen-bond acceptors (Lipinski definition) is 4. The Hall–Kier alpha value is -2.28. The molecule has 0 bridgehead atoms. The maximum atomic E-state index is 12.6. The van der Waals surface area contributed by atoms with Crippen LogP contribution in [-0.4, -0.2) is 71.3 Å². The first-order valence-electron chi connectivity index (χ1n) is 9.78. The lowest BCUT2D eigenvalue weighted by molar-refractivity contribution is -0.139. The van der Waals surface area contributed by atoms with Gasteiger partial charge in [0.2, 0.25) is 0 Å². The van der Waals surface area contributed by atoms with Gasteiger partial charge in [-0.25, -0.2) is 4.79 Å². The van der Waals surface area contributed by atoms with E-state index in [9.17, 15) is 9.59 Å². The number of likely N-dealkylation sites (N-methyl/N-ethyl adjacent to an activating group) is 1. The van der Waals surface area contributed by atoms with Crippen molar-refractivity contribution in [3.05, 3.63) is 30.3 Å². The van der Waals surface area contributed by atoms with Crippen molar-refractivity contribution in [1.29, 1.82) is 0 Å². The molecule has 1 aromatic carbocycles. The van der Waals surface area contributed by atoms with Crippen LogP contribution in [0.5, 0.6) is 5.75 Å². The predicted molar refractivity (Wildman–Crippen MR) is 102 cm³/mol. The van der Waals surface area contributed by atoms with Crippen LogP contribution in [0, 0.1) is 0 Å². The number of benzene rings is 1. The molecule has 0 radical (unpaired) electrons. The van der Waals surface area contributed by atoms with Gasteiger partial charge in [-0.2, -0.15) is 0 Å². The Bertz CT molecular complexity index is 633. The number of ether oxygens (including phenoxy) is 1. The Kier molecular flexibility index (Phi) is 6.55. The quantitative estimate of drug-likeness (QED) is 0.763. The average Bonchev–Trinajstić information content (AvgIpc) is 2.63. The van der Waals surface area contributed by atoms with Crippen LogP contribution in [0.4, 0.5) is 4.79 Å². The Morgan fingerprint density at radius 1 is 1.30 bits per heavy atom. The van der Waals surface area contributed by atoms with E-state index in [1.54, 1.807) is 0 Å². The number of nitrogens with one attached hydrogen (secondary N) is 1. The van der Waals surface area contributed by atoms with Crippen molar-refractivity contribution >= 4 is 12.0 Å². The Morgan fingerprint density at radius 2 is 2.04 bits per heavy atom. The standard InChI is InChI=1S/C20H29N3O4/c1-2-22(14-19(24)25)16-11-15(12-16)21-20(26)23-10-6-9-18(13-23)27-17-7-4-3-5-8-17/h3-5,7-8,15-16,18H,2,6,9-14H2,1H3,(H,21,26)(H,24,25). The summed E-state index contributed by atoms with van der Waals surface area (Å²) in [5, 5.41) is 12.1. The molecule has 1 heterocycles. The van der Waals surface area contributed by atoms with Gasteiger partial charge in [0.1, 0.15) is 11.9 Å². The molecule has 1 unspecified atom stereocenters. The maximum absolute atomic E-state index is 12.6. The molecule has 148 valence electrons.